The number of carboxylic acid groups (broad SMARTS) is 2. The first kappa shape index (κ1) is 81.7. The molecule has 12 N–H and O–H groups in total. The number of aromatic nitrogens is 4. The van der Waals surface area contributed by atoms with Crippen molar-refractivity contribution in [1.82, 2.24) is 35.5 Å². The van der Waals surface area contributed by atoms with Gasteiger partial charge in [-0.25, -0.2) is 66.4 Å². The number of hydrogen-bond acceptors (Lipinski definition) is 21. The van der Waals surface area contributed by atoms with E-state index in [1.165, 1.54) is 73.1 Å². The van der Waals surface area contributed by atoms with Gasteiger partial charge in [-0.3, -0.25) is 14.4 Å². The fraction of sp³-hybridized carbons (Fsp3) is 0.291. The van der Waals surface area contributed by atoms with E-state index in [0.29, 0.717) is 86.2 Å². The van der Waals surface area contributed by atoms with Crippen molar-refractivity contribution in [3.8, 4) is 44.5 Å². The molecule has 4 aromatic carbocycles. The number of imide groups is 1. The number of nitrogens with two attached hydrogens (primary N) is 4. The second kappa shape index (κ2) is 32.2. The maximum atomic E-state index is 14.7. The first-order chi connectivity index (χ1) is 51.2. The van der Waals surface area contributed by atoms with Gasteiger partial charge in [0.2, 0.25) is 11.8 Å². The number of nitrogen functional groups attached to an aromatic ring is 4. The highest BCUT2D eigenvalue weighted by Gasteiger charge is 2.52. The summed E-state index contributed by atoms with van der Waals surface area (Å²) >= 11 is 0. The normalized spacial score (nSPS) is 15.6. The molecule has 0 bridgehead atoms. The fourth-order valence-corrected chi connectivity index (χ4v) is 11.3. The third-order valence-electron chi connectivity index (χ3n) is 17.5. The Balaban J connectivity index is 0.000000171. The van der Waals surface area contributed by atoms with Crippen LogP contribution >= 0.6 is 0 Å². The predicted molar refractivity (Wildman–Crippen MR) is 403 cm³/mol. The van der Waals surface area contributed by atoms with E-state index in [1.807, 2.05) is 27.7 Å². The molecule has 1 unspecified atom stereocenters. The van der Waals surface area contributed by atoms with Crippen molar-refractivity contribution in [3.63, 3.8) is 0 Å². The molecule has 0 spiro atoms. The Kier molecular flexibility index (Phi) is 23.9. The standard InChI is InChI=1S/C25H28FN3O5.C22H28BFN2O4.C16H14FN3O3.C16H12FN3O3/c1-24(2,3)33-22(31)17-8-7-14(10-19(17)26)18-9-15(12-28-21(18)27)16-11-20(30)29(13-16)23(32)34-25(4,5)6;1-20(2,3)28-19(27)15-9-8-13(10-17(15)24)16-11-14(12-26-18(16)25)23-29-21(4,5)22(6,7)30-23;2*17-13-4-8(1-2-11(13)16(22)23)12-3-9(7-20-15(12)18)10-5-14(21)19-6-10/h7-12H,13H2,1-6H3,(H2,27,28);8-12H,1-7H3,(H2,25,26);1-4,7,10H,5-6H2,(H2,18,20)(H,19,21)(H,22,23);1-5,7H,6H2,(H2,18,20)(H,19,21)(H,22,23). The number of ether oxygens (including phenoxy) is 3. The molecule has 8 aromatic rings. The number of nitrogens with zero attached hydrogens (tertiary/aromatic N) is 5. The molecule has 2 fully saturated rings. The Morgan fingerprint density at radius 2 is 0.900 bits per heavy atom. The Morgan fingerprint density at radius 3 is 1.28 bits per heavy atom. The molecule has 110 heavy (non-hydrogen) atoms. The van der Waals surface area contributed by atoms with Gasteiger partial charge in [0.05, 0.1) is 40.0 Å². The molecule has 574 valence electrons. The summed E-state index contributed by atoms with van der Waals surface area (Å²) < 4.78 is 85.1. The van der Waals surface area contributed by atoms with E-state index in [9.17, 15) is 55.9 Å². The number of carboxylic acids is 2. The molecule has 4 aliphatic rings. The molecular formula is C79H82BF4N11O15. The first-order valence-electron chi connectivity index (χ1n) is 34.3. The van der Waals surface area contributed by atoms with E-state index in [0.717, 1.165) is 28.2 Å². The zero-order valence-electron chi connectivity index (χ0n) is 62.4. The van der Waals surface area contributed by atoms with Crippen LogP contribution in [0.4, 0.5) is 45.6 Å². The topological polar surface area (TPSA) is 406 Å². The molecule has 0 aliphatic carbocycles. The molecule has 12 rings (SSSR count). The number of hydrogen-bond donors (Lipinski definition) is 8. The molecule has 4 aromatic heterocycles. The molecule has 26 nitrogen and oxygen atoms in total. The van der Waals surface area contributed by atoms with Crippen LogP contribution < -0.4 is 39.0 Å². The maximum absolute atomic E-state index is 14.7. The Bertz CT molecular complexity index is 5070. The highest BCUT2D eigenvalue weighted by Crippen LogP contribution is 2.39. The number of esters is 2. The van der Waals surface area contributed by atoms with Crippen LogP contribution in [0, 0.1) is 23.3 Å². The van der Waals surface area contributed by atoms with Crippen molar-refractivity contribution in [2.45, 2.75) is 130 Å². The highest BCUT2D eigenvalue weighted by molar-refractivity contribution is 6.62. The minimum Gasteiger partial charge on any atom is -0.478 e. The molecule has 0 radical (unpaired) electrons. The van der Waals surface area contributed by atoms with Crippen LogP contribution in [-0.4, -0.2) is 137 Å². The predicted octanol–water partition coefficient (Wildman–Crippen LogP) is 11.8. The molecule has 31 heteroatoms. The van der Waals surface area contributed by atoms with Gasteiger partial charge in [-0.05, 0) is 213 Å². The number of carbonyl (C=O) groups is 8. The van der Waals surface area contributed by atoms with Crippen molar-refractivity contribution >= 4 is 94.7 Å². The molecular weight excluding hydrogens is 1430 g/mol. The number of anilines is 4. The van der Waals surface area contributed by atoms with Crippen molar-refractivity contribution in [2.75, 3.05) is 42.6 Å². The number of aromatic carboxylic acids is 2. The monoisotopic (exact) mass is 1510 g/mol. The summed E-state index contributed by atoms with van der Waals surface area (Å²) in [6.45, 7) is 24.2. The zero-order valence-corrected chi connectivity index (χ0v) is 62.4. The number of rotatable bonds is 12. The van der Waals surface area contributed by atoms with Crippen molar-refractivity contribution < 1.29 is 89.7 Å². The van der Waals surface area contributed by atoms with Crippen molar-refractivity contribution in [1.29, 1.82) is 0 Å². The number of nitrogens with one attached hydrogen (secondary N) is 2. The van der Waals surface area contributed by atoms with Gasteiger partial charge in [-0.2, -0.15) is 0 Å². The summed E-state index contributed by atoms with van der Waals surface area (Å²) in [5.74, 6) is -7.23. The van der Waals surface area contributed by atoms with Crippen LogP contribution in [0.2, 0.25) is 0 Å². The van der Waals surface area contributed by atoms with E-state index < -0.39 is 105 Å². The summed E-state index contributed by atoms with van der Waals surface area (Å²) in [4.78, 5) is 111. The van der Waals surface area contributed by atoms with Crippen molar-refractivity contribution in [3.05, 3.63) is 196 Å². The van der Waals surface area contributed by atoms with E-state index in [-0.39, 0.29) is 58.7 Å². The van der Waals surface area contributed by atoms with Gasteiger partial charge in [0.1, 0.15) is 63.3 Å². The smallest absolute Gasteiger partial charge is 0.478 e. The molecule has 2 saturated heterocycles. The van der Waals surface area contributed by atoms with Crippen LogP contribution in [0.3, 0.4) is 0 Å². The van der Waals surface area contributed by atoms with Crippen LogP contribution in [0.15, 0.2) is 134 Å². The summed E-state index contributed by atoms with van der Waals surface area (Å²) in [6, 6.07) is 22.7. The first-order valence-corrected chi connectivity index (χ1v) is 34.3. The number of pyridine rings is 4. The van der Waals surface area contributed by atoms with Crippen LogP contribution in [0.5, 0.6) is 0 Å². The summed E-state index contributed by atoms with van der Waals surface area (Å²) in [6.07, 6.45) is 8.62. The number of benzene rings is 4. The van der Waals surface area contributed by atoms with Gasteiger partial charge in [0.25, 0.3) is 5.91 Å². The lowest BCUT2D eigenvalue weighted by atomic mass is 9.79. The number of amides is 4. The van der Waals surface area contributed by atoms with Gasteiger partial charge < -0.3 is 67.3 Å². The third-order valence-corrected chi connectivity index (χ3v) is 17.5. The molecule has 4 aliphatic heterocycles. The maximum Gasteiger partial charge on any atom is 0.496 e. The number of carbonyl (C=O) groups excluding carboxylic acids is 6. The molecule has 0 saturated carbocycles. The average molecular weight is 1510 g/mol. The lowest BCUT2D eigenvalue weighted by Crippen LogP contribution is -2.41. The minimum absolute atomic E-state index is 0.00232. The third kappa shape index (κ3) is 19.9. The Hall–Kier alpha value is -12.4. The summed E-state index contributed by atoms with van der Waals surface area (Å²) in [5.41, 5.74) is 27.1. The highest BCUT2D eigenvalue weighted by atomic mass is 19.1. The second-order valence-corrected chi connectivity index (χ2v) is 29.9. The quantitative estimate of drug-likeness (QED) is 0.0244. The van der Waals surface area contributed by atoms with Crippen LogP contribution in [0.1, 0.15) is 160 Å². The number of halogens is 4. The molecule has 8 heterocycles. The lowest BCUT2D eigenvalue weighted by Gasteiger charge is -2.32. The Labute approximate surface area is 630 Å². The van der Waals surface area contributed by atoms with E-state index in [4.69, 9.17) is 56.7 Å². The van der Waals surface area contributed by atoms with Gasteiger partial charge >= 0.3 is 37.1 Å². The minimum atomic E-state index is -1.34. The zero-order chi connectivity index (χ0) is 81.0. The van der Waals surface area contributed by atoms with Gasteiger partial charge in [0.15, 0.2) is 0 Å². The summed E-state index contributed by atoms with van der Waals surface area (Å²) in [7, 11) is -0.618. The average Bonchev–Trinajstić information content (AvgIpc) is 1.61. The van der Waals surface area contributed by atoms with Crippen molar-refractivity contribution in [2.24, 2.45) is 0 Å². The van der Waals surface area contributed by atoms with Gasteiger partial charge in [-0.1, -0.05) is 24.3 Å². The second-order valence-electron chi connectivity index (χ2n) is 29.9. The van der Waals surface area contributed by atoms with E-state index in [2.05, 4.69) is 30.6 Å². The Morgan fingerprint density at radius 1 is 0.509 bits per heavy atom. The lowest BCUT2D eigenvalue weighted by molar-refractivity contribution is -0.124. The SMILES string of the molecule is CC(C)(C)OC(=O)c1ccc(-c2cc(B3OC(C)(C)C(C)(C)O3)cnc2N)cc1F.CC(C)(C)OC(=O)c1ccc(-c2cc(C3=CC(=O)N(C(=O)OC(C)(C)C)C3)cnc2N)cc1F.Nc1ncc(C2=CC(=O)NC2)cc1-c1ccc(C(=O)O)c(F)c1.Nc1ncc(C2CNC(=O)C2)cc1-c1ccc(C(=O)O)c(F)c1. The fourth-order valence-electron chi connectivity index (χ4n) is 11.3. The van der Waals surface area contributed by atoms with Crippen LogP contribution in [0.25, 0.3) is 55.7 Å². The molecule has 1 atom stereocenters. The van der Waals surface area contributed by atoms with E-state index in [1.54, 1.807) is 111 Å². The van der Waals surface area contributed by atoms with E-state index >= 15 is 0 Å². The van der Waals surface area contributed by atoms with Crippen LogP contribution in [-0.2, 0) is 37.9 Å². The largest absolute Gasteiger partial charge is 0.496 e. The van der Waals surface area contributed by atoms with Gasteiger partial charge in [-0.15, -0.1) is 0 Å². The summed E-state index contributed by atoms with van der Waals surface area (Å²) in [5, 5.41) is 23.2. The van der Waals surface area contributed by atoms with Gasteiger partial charge in [0, 0.05) is 90.1 Å². The molecule has 4 amide bonds.